The molecule has 0 bridgehead atoms. The molecule has 0 saturated carbocycles. The van der Waals surface area contributed by atoms with Crippen molar-refractivity contribution in [1.29, 1.82) is 0 Å². The molecule has 1 unspecified atom stereocenters. The second-order valence-corrected chi connectivity index (χ2v) is 8.33. The maximum atomic E-state index is 14.9. The van der Waals surface area contributed by atoms with Gasteiger partial charge in [0.1, 0.15) is 22.4 Å². The Hall–Kier alpha value is -3.39. The number of benzene rings is 2. The largest absolute Gasteiger partial charge is 0.450 e. The lowest BCUT2D eigenvalue weighted by Gasteiger charge is -2.22. The Morgan fingerprint density at radius 2 is 1.90 bits per heavy atom. The van der Waals surface area contributed by atoms with Gasteiger partial charge in [-0.2, -0.15) is 0 Å². The number of anilines is 1. The summed E-state index contributed by atoms with van der Waals surface area (Å²) in [6, 6.07) is 10.5. The van der Waals surface area contributed by atoms with Crippen molar-refractivity contribution in [3.63, 3.8) is 0 Å². The van der Waals surface area contributed by atoms with E-state index in [1.165, 1.54) is 22.3 Å². The summed E-state index contributed by atoms with van der Waals surface area (Å²) >= 11 is 1.24. The first-order valence-corrected chi connectivity index (χ1v) is 10.8. The van der Waals surface area contributed by atoms with E-state index in [2.05, 4.69) is 10.2 Å². The van der Waals surface area contributed by atoms with Crippen molar-refractivity contribution in [1.82, 2.24) is 10.2 Å². The zero-order chi connectivity index (χ0) is 21.7. The van der Waals surface area contributed by atoms with Gasteiger partial charge in [0.05, 0.1) is 10.9 Å². The molecule has 5 rings (SSSR count). The number of amides is 1. The van der Waals surface area contributed by atoms with Gasteiger partial charge < -0.3 is 4.42 Å². The number of rotatable bonds is 4. The van der Waals surface area contributed by atoms with E-state index in [0.29, 0.717) is 22.5 Å². The molecule has 2 aromatic heterocycles. The molecule has 156 valence electrons. The average Bonchev–Trinajstić information content (AvgIpc) is 3.37. The van der Waals surface area contributed by atoms with Gasteiger partial charge in [0, 0.05) is 5.56 Å². The van der Waals surface area contributed by atoms with Crippen LogP contribution in [0.15, 0.2) is 51.7 Å². The van der Waals surface area contributed by atoms with Gasteiger partial charge in [-0.1, -0.05) is 49.4 Å². The van der Waals surface area contributed by atoms with E-state index >= 15 is 0 Å². The van der Waals surface area contributed by atoms with Crippen LogP contribution in [-0.4, -0.2) is 16.1 Å². The lowest BCUT2D eigenvalue weighted by Crippen LogP contribution is -2.30. The van der Waals surface area contributed by atoms with Crippen LogP contribution >= 0.6 is 11.3 Å². The van der Waals surface area contributed by atoms with E-state index in [1.54, 1.807) is 30.3 Å². The predicted molar refractivity (Wildman–Crippen MR) is 116 cm³/mol. The molecule has 0 spiro atoms. The number of carbonyl (C=O) groups excluding carboxylic acids is 1. The second kappa shape index (κ2) is 7.39. The second-order valence-electron chi connectivity index (χ2n) is 7.29. The van der Waals surface area contributed by atoms with Crippen LogP contribution in [0.3, 0.4) is 0 Å². The van der Waals surface area contributed by atoms with Crippen molar-refractivity contribution in [3.8, 4) is 0 Å². The van der Waals surface area contributed by atoms with E-state index in [9.17, 15) is 14.0 Å². The SMILES string of the molecule is CCc1ccc2oc3c(c(=O)c2c1)C(c1ccccc1F)N(c1nnc(CC)s1)C3=O. The number of nitrogens with zero attached hydrogens (tertiary/aromatic N) is 3. The van der Waals surface area contributed by atoms with E-state index in [4.69, 9.17) is 4.42 Å². The molecule has 8 heteroatoms. The molecule has 3 heterocycles. The van der Waals surface area contributed by atoms with Crippen LogP contribution < -0.4 is 10.3 Å². The number of hydrogen-bond donors (Lipinski definition) is 0. The fraction of sp³-hybridized carbons (Fsp3) is 0.217. The van der Waals surface area contributed by atoms with E-state index in [-0.39, 0.29) is 22.3 Å². The van der Waals surface area contributed by atoms with Crippen molar-refractivity contribution in [3.05, 3.63) is 86.0 Å². The minimum absolute atomic E-state index is 0.0803. The summed E-state index contributed by atoms with van der Waals surface area (Å²) in [5.74, 6) is -1.12. The third-order valence-electron chi connectivity index (χ3n) is 5.51. The Labute approximate surface area is 181 Å². The smallest absolute Gasteiger partial charge is 0.297 e. The van der Waals surface area contributed by atoms with Gasteiger partial charge in [0.15, 0.2) is 5.43 Å². The highest BCUT2D eigenvalue weighted by Crippen LogP contribution is 2.42. The third-order valence-corrected chi connectivity index (χ3v) is 6.57. The first-order valence-electron chi connectivity index (χ1n) is 10.0. The summed E-state index contributed by atoms with van der Waals surface area (Å²) in [5.41, 5.74) is 1.30. The Bertz CT molecular complexity index is 1390. The van der Waals surface area contributed by atoms with E-state index in [1.807, 2.05) is 19.9 Å². The monoisotopic (exact) mass is 435 g/mol. The molecule has 0 aliphatic carbocycles. The zero-order valence-electron chi connectivity index (χ0n) is 16.9. The lowest BCUT2D eigenvalue weighted by atomic mass is 9.97. The number of carbonyl (C=O) groups is 1. The van der Waals surface area contributed by atoms with Crippen LogP contribution in [0.25, 0.3) is 11.0 Å². The molecule has 1 aliphatic rings. The number of halogens is 1. The molecular weight excluding hydrogens is 417 g/mol. The average molecular weight is 435 g/mol. The van der Waals surface area contributed by atoms with E-state index in [0.717, 1.165) is 17.0 Å². The number of hydrogen-bond acceptors (Lipinski definition) is 6. The van der Waals surface area contributed by atoms with Gasteiger partial charge in [0.25, 0.3) is 5.91 Å². The summed E-state index contributed by atoms with van der Waals surface area (Å²) < 4.78 is 20.8. The number of aromatic nitrogens is 2. The molecular formula is C23H18FN3O3S. The predicted octanol–water partition coefficient (Wildman–Crippen LogP) is 4.66. The fourth-order valence-electron chi connectivity index (χ4n) is 3.91. The zero-order valence-corrected chi connectivity index (χ0v) is 17.7. The van der Waals surface area contributed by atoms with Crippen LogP contribution in [-0.2, 0) is 12.8 Å². The van der Waals surface area contributed by atoms with Gasteiger partial charge in [0.2, 0.25) is 10.9 Å². The van der Waals surface area contributed by atoms with Crippen LogP contribution in [0.5, 0.6) is 0 Å². The fourth-order valence-corrected chi connectivity index (χ4v) is 4.72. The van der Waals surface area contributed by atoms with Crippen LogP contribution in [0.4, 0.5) is 9.52 Å². The molecule has 1 aliphatic heterocycles. The molecule has 1 atom stereocenters. The summed E-state index contributed by atoms with van der Waals surface area (Å²) in [5, 5.41) is 9.66. The van der Waals surface area contributed by atoms with Crippen molar-refractivity contribution in [2.45, 2.75) is 32.7 Å². The molecule has 0 N–H and O–H groups in total. The topological polar surface area (TPSA) is 76.3 Å². The molecule has 0 saturated heterocycles. The van der Waals surface area contributed by atoms with Gasteiger partial charge in [-0.05, 0) is 36.6 Å². The quantitative estimate of drug-likeness (QED) is 0.466. The van der Waals surface area contributed by atoms with Crippen molar-refractivity contribution < 1.29 is 13.6 Å². The van der Waals surface area contributed by atoms with Crippen LogP contribution in [0.2, 0.25) is 0 Å². The molecule has 4 aromatic rings. The molecule has 1 amide bonds. The standard InChI is InChI=1S/C23H18FN3O3S/c1-3-12-9-10-16-14(11-12)20(28)18-19(13-7-5-6-8-15(13)24)27(22(29)21(18)30-16)23-26-25-17(4-2)31-23/h5-11,19H,3-4H2,1-2H3. The Morgan fingerprint density at radius 1 is 1.10 bits per heavy atom. The lowest BCUT2D eigenvalue weighted by molar-refractivity contribution is 0.0970. The minimum Gasteiger partial charge on any atom is -0.450 e. The van der Waals surface area contributed by atoms with Gasteiger partial charge >= 0.3 is 0 Å². The maximum absolute atomic E-state index is 14.9. The Kier molecular flexibility index (Phi) is 4.66. The molecule has 0 fully saturated rings. The Morgan fingerprint density at radius 3 is 2.61 bits per heavy atom. The van der Waals surface area contributed by atoms with Crippen LogP contribution in [0.1, 0.15) is 52.1 Å². The highest BCUT2D eigenvalue weighted by atomic mass is 32.1. The van der Waals surface area contributed by atoms with Crippen LogP contribution in [0, 0.1) is 5.82 Å². The van der Waals surface area contributed by atoms with Crippen molar-refractivity contribution in [2.24, 2.45) is 0 Å². The Balaban J connectivity index is 1.82. The summed E-state index contributed by atoms with van der Waals surface area (Å²) in [6.07, 6.45) is 1.40. The summed E-state index contributed by atoms with van der Waals surface area (Å²) in [6.45, 7) is 3.92. The van der Waals surface area contributed by atoms with Gasteiger partial charge in [-0.3, -0.25) is 14.5 Å². The third kappa shape index (κ3) is 2.97. The first kappa shape index (κ1) is 19.6. The van der Waals surface area contributed by atoms with Crippen molar-refractivity contribution in [2.75, 3.05) is 4.90 Å². The molecule has 31 heavy (non-hydrogen) atoms. The van der Waals surface area contributed by atoms with Crippen molar-refractivity contribution >= 4 is 33.3 Å². The molecule has 2 aromatic carbocycles. The highest BCUT2D eigenvalue weighted by Gasteiger charge is 2.46. The van der Waals surface area contributed by atoms with E-state index < -0.39 is 17.8 Å². The summed E-state index contributed by atoms with van der Waals surface area (Å²) in [4.78, 5) is 28.3. The molecule has 6 nitrogen and oxygen atoms in total. The van der Waals surface area contributed by atoms with Gasteiger partial charge in [-0.25, -0.2) is 4.39 Å². The highest BCUT2D eigenvalue weighted by molar-refractivity contribution is 7.15. The first-order chi connectivity index (χ1) is 15.0. The van der Waals surface area contributed by atoms with Gasteiger partial charge in [-0.15, -0.1) is 10.2 Å². The minimum atomic E-state index is -0.979. The summed E-state index contributed by atoms with van der Waals surface area (Å²) in [7, 11) is 0. The maximum Gasteiger partial charge on any atom is 0.297 e. The number of fused-ring (bicyclic) bond motifs is 2. The molecule has 0 radical (unpaired) electrons. The normalized spacial score (nSPS) is 15.6. The number of aryl methyl sites for hydroxylation is 2.